The molecule has 1 atom stereocenters. The summed E-state index contributed by atoms with van der Waals surface area (Å²) in [5.41, 5.74) is 2.39. The number of amides is 1. The second-order valence-corrected chi connectivity index (χ2v) is 7.31. The summed E-state index contributed by atoms with van der Waals surface area (Å²) in [6.45, 7) is 7.74. The predicted molar refractivity (Wildman–Crippen MR) is 97.9 cm³/mol. The molecule has 0 bridgehead atoms. The highest BCUT2D eigenvalue weighted by molar-refractivity contribution is 7.12. The van der Waals surface area contributed by atoms with Crippen molar-refractivity contribution in [3.05, 3.63) is 51.2 Å². The number of hydrogen-bond donors (Lipinski definition) is 1. The highest BCUT2D eigenvalue weighted by Gasteiger charge is 2.16. The molecule has 0 aliphatic carbocycles. The van der Waals surface area contributed by atoms with Gasteiger partial charge in [0.25, 0.3) is 5.91 Å². The van der Waals surface area contributed by atoms with Crippen molar-refractivity contribution in [2.75, 3.05) is 11.9 Å². The molecular weight excluding hydrogens is 322 g/mol. The Kier molecular flexibility index (Phi) is 6.15. The lowest BCUT2D eigenvalue weighted by Crippen LogP contribution is -2.21. The molecule has 5 heteroatoms. The standard InChI is InChI=1S/C19H23NO3S/c1-5-12(2)15-8-6-7-9-17(15)20-18(21)11-23-19(22)16-10-13(3)24-14(16)4/h6-10,12H,5,11H2,1-4H3,(H,20,21)/t12-/m1/s1. The van der Waals surface area contributed by atoms with E-state index in [9.17, 15) is 9.59 Å². The van der Waals surface area contributed by atoms with Crippen LogP contribution in [0.5, 0.6) is 0 Å². The maximum atomic E-state index is 12.1. The van der Waals surface area contributed by atoms with Crippen molar-refractivity contribution < 1.29 is 14.3 Å². The zero-order chi connectivity index (χ0) is 17.7. The Morgan fingerprint density at radius 3 is 2.58 bits per heavy atom. The number of rotatable bonds is 6. The van der Waals surface area contributed by atoms with Crippen LogP contribution in [0, 0.1) is 13.8 Å². The zero-order valence-electron chi connectivity index (χ0n) is 14.5. The fraction of sp³-hybridized carbons (Fsp3) is 0.368. The lowest BCUT2D eigenvalue weighted by atomic mass is 9.97. The molecule has 0 fully saturated rings. The van der Waals surface area contributed by atoms with Gasteiger partial charge < -0.3 is 10.1 Å². The molecule has 4 nitrogen and oxygen atoms in total. The number of anilines is 1. The Hall–Kier alpha value is -2.14. The number of carbonyl (C=O) groups excluding carboxylic acids is 2. The smallest absolute Gasteiger partial charge is 0.339 e. The number of ether oxygens (including phenoxy) is 1. The van der Waals surface area contributed by atoms with E-state index in [-0.39, 0.29) is 12.5 Å². The molecule has 2 aromatic rings. The summed E-state index contributed by atoms with van der Waals surface area (Å²) in [7, 11) is 0. The summed E-state index contributed by atoms with van der Waals surface area (Å²) in [6, 6.07) is 9.50. The van der Waals surface area contributed by atoms with Crippen molar-refractivity contribution >= 4 is 28.9 Å². The third-order valence-corrected chi connectivity index (χ3v) is 4.94. The second kappa shape index (κ2) is 8.11. The molecule has 0 saturated carbocycles. The fourth-order valence-corrected chi connectivity index (χ4v) is 3.40. The largest absolute Gasteiger partial charge is 0.452 e. The van der Waals surface area contributed by atoms with Crippen molar-refractivity contribution in [1.82, 2.24) is 0 Å². The van der Waals surface area contributed by atoms with Gasteiger partial charge in [-0.25, -0.2) is 4.79 Å². The van der Waals surface area contributed by atoms with Gasteiger partial charge in [0.1, 0.15) is 0 Å². The van der Waals surface area contributed by atoms with E-state index < -0.39 is 5.97 Å². The molecule has 0 radical (unpaired) electrons. The van der Waals surface area contributed by atoms with Gasteiger partial charge in [0.15, 0.2) is 6.61 Å². The van der Waals surface area contributed by atoms with Crippen molar-refractivity contribution in [3.8, 4) is 0 Å². The molecule has 0 unspecified atom stereocenters. The lowest BCUT2D eigenvalue weighted by molar-refractivity contribution is -0.119. The molecular formula is C19H23NO3S. The van der Waals surface area contributed by atoms with Crippen molar-refractivity contribution in [1.29, 1.82) is 0 Å². The number of aryl methyl sites for hydroxylation is 2. The SMILES string of the molecule is CC[C@@H](C)c1ccccc1NC(=O)COC(=O)c1cc(C)sc1C. The molecule has 24 heavy (non-hydrogen) atoms. The number of nitrogens with one attached hydrogen (secondary N) is 1. The minimum atomic E-state index is -0.456. The van der Waals surface area contributed by atoms with Gasteiger partial charge in [-0.2, -0.15) is 0 Å². The van der Waals surface area contributed by atoms with Crippen LogP contribution in [0.4, 0.5) is 5.69 Å². The highest BCUT2D eigenvalue weighted by atomic mass is 32.1. The molecule has 0 spiro atoms. The number of para-hydroxylation sites is 1. The Bertz CT molecular complexity index is 736. The number of hydrogen-bond acceptors (Lipinski definition) is 4. The first-order chi connectivity index (χ1) is 11.4. The third kappa shape index (κ3) is 4.45. The van der Waals surface area contributed by atoms with E-state index in [0.29, 0.717) is 11.5 Å². The van der Waals surface area contributed by atoms with E-state index in [1.807, 2.05) is 38.1 Å². The van der Waals surface area contributed by atoms with E-state index in [1.165, 1.54) is 0 Å². The van der Waals surface area contributed by atoms with Crippen LogP contribution in [0.15, 0.2) is 30.3 Å². The van der Waals surface area contributed by atoms with E-state index >= 15 is 0 Å². The van der Waals surface area contributed by atoms with E-state index in [1.54, 1.807) is 17.4 Å². The van der Waals surface area contributed by atoms with Gasteiger partial charge in [0.2, 0.25) is 0 Å². The Labute approximate surface area is 146 Å². The Balaban J connectivity index is 1.97. The Morgan fingerprint density at radius 2 is 1.96 bits per heavy atom. The molecule has 128 valence electrons. The Morgan fingerprint density at radius 1 is 1.25 bits per heavy atom. The van der Waals surface area contributed by atoms with E-state index in [4.69, 9.17) is 4.74 Å². The quantitative estimate of drug-likeness (QED) is 0.774. The molecule has 1 amide bonds. The van der Waals surface area contributed by atoms with E-state index in [2.05, 4.69) is 19.2 Å². The average molecular weight is 345 g/mol. The summed E-state index contributed by atoms with van der Waals surface area (Å²) in [5, 5.41) is 2.84. The summed E-state index contributed by atoms with van der Waals surface area (Å²) < 4.78 is 5.14. The first kappa shape index (κ1) is 18.2. The molecule has 1 N–H and O–H groups in total. The van der Waals surface area contributed by atoms with Crippen LogP contribution in [0.25, 0.3) is 0 Å². The monoisotopic (exact) mass is 345 g/mol. The molecule has 1 heterocycles. The summed E-state index contributed by atoms with van der Waals surface area (Å²) in [6.07, 6.45) is 0.985. The van der Waals surface area contributed by atoms with Crippen LogP contribution in [-0.4, -0.2) is 18.5 Å². The molecule has 2 rings (SSSR count). The lowest BCUT2D eigenvalue weighted by Gasteiger charge is -2.15. The van der Waals surface area contributed by atoms with Gasteiger partial charge >= 0.3 is 5.97 Å². The minimum Gasteiger partial charge on any atom is -0.452 e. The molecule has 0 aliphatic rings. The molecule has 1 aromatic heterocycles. The van der Waals surface area contributed by atoms with Crippen LogP contribution in [-0.2, 0) is 9.53 Å². The van der Waals surface area contributed by atoms with Gasteiger partial charge in [0.05, 0.1) is 5.56 Å². The van der Waals surface area contributed by atoms with Gasteiger partial charge in [-0.05, 0) is 43.9 Å². The molecule has 0 saturated heterocycles. The second-order valence-electron chi connectivity index (χ2n) is 5.85. The number of carbonyl (C=O) groups is 2. The predicted octanol–water partition coefficient (Wildman–Crippen LogP) is 4.67. The third-order valence-electron chi connectivity index (χ3n) is 3.97. The van der Waals surface area contributed by atoms with Crippen molar-refractivity contribution in [2.24, 2.45) is 0 Å². The van der Waals surface area contributed by atoms with Gasteiger partial charge in [-0.3, -0.25) is 4.79 Å². The zero-order valence-corrected chi connectivity index (χ0v) is 15.3. The fourth-order valence-electron chi connectivity index (χ4n) is 2.49. The summed E-state index contributed by atoms with van der Waals surface area (Å²) in [4.78, 5) is 26.1. The average Bonchev–Trinajstić information content (AvgIpc) is 2.91. The number of esters is 1. The first-order valence-corrected chi connectivity index (χ1v) is 8.87. The van der Waals surface area contributed by atoms with Gasteiger partial charge in [-0.1, -0.05) is 32.0 Å². The van der Waals surface area contributed by atoms with Gasteiger partial charge in [-0.15, -0.1) is 11.3 Å². The number of benzene rings is 1. The van der Waals surface area contributed by atoms with Crippen LogP contribution < -0.4 is 5.32 Å². The van der Waals surface area contributed by atoms with Crippen LogP contribution in [0.3, 0.4) is 0 Å². The minimum absolute atomic E-state index is 0.290. The maximum Gasteiger partial charge on any atom is 0.339 e. The maximum absolute atomic E-state index is 12.1. The van der Waals surface area contributed by atoms with Crippen LogP contribution in [0.2, 0.25) is 0 Å². The highest BCUT2D eigenvalue weighted by Crippen LogP contribution is 2.26. The molecule has 1 aromatic carbocycles. The van der Waals surface area contributed by atoms with Crippen molar-refractivity contribution in [3.63, 3.8) is 0 Å². The van der Waals surface area contributed by atoms with Crippen LogP contribution in [0.1, 0.15) is 51.9 Å². The van der Waals surface area contributed by atoms with Gasteiger partial charge in [0, 0.05) is 15.4 Å². The molecule has 0 aliphatic heterocycles. The van der Waals surface area contributed by atoms with Crippen LogP contribution >= 0.6 is 11.3 Å². The topological polar surface area (TPSA) is 55.4 Å². The first-order valence-electron chi connectivity index (χ1n) is 8.05. The normalized spacial score (nSPS) is 11.8. The van der Waals surface area contributed by atoms with Crippen molar-refractivity contribution in [2.45, 2.75) is 40.0 Å². The number of thiophene rings is 1. The van der Waals surface area contributed by atoms with E-state index in [0.717, 1.165) is 27.4 Å². The summed E-state index contributed by atoms with van der Waals surface area (Å²) in [5.74, 6) is -0.439. The summed E-state index contributed by atoms with van der Waals surface area (Å²) >= 11 is 1.54.